The van der Waals surface area contributed by atoms with Crippen LogP contribution in [0.25, 0.3) is 10.6 Å². The van der Waals surface area contributed by atoms with Gasteiger partial charge in [0.25, 0.3) is 5.91 Å². The normalized spacial score (nSPS) is 10.4. The minimum absolute atomic E-state index is 0.163. The molecule has 2 amide bonds. The third-order valence-corrected chi connectivity index (χ3v) is 5.39. The molecule has 7 nitrogen and oxygen atoms in total. The molecule has 2 heterocycles. The molecule has 0 aliphatic heterocycles. The largest absolute Gasteiger partial charge is 0.490 e. The molecule has 0 bridgehead atoms. The standard InChI is InChI=1S/C20H21N3O4S2/c1-3-26-15-8-7-13(10-16(15)27-4-2)19(25)21-11-18(24)23-20-22-14(12-29-20)17-6-5-9-28-17/h5-10,12H,3-4,11H2,1-2H3,(H,21,25)(H,22,23,24). The lowest BCUT2D eigenvalue weighted by Gasteiger charge is -2.12. The summed E-state index contributed by atoms with van der Waals surface area (Å²) in [5, 5.41) is 9.66. The summed E-state index contributed by atoms with van der Waals surface area (Å²) in [6.07, 6.45) is 0. The molecule has 2 N–H and O–H groups in total. The van der Waals surface area contributed by atoms with Gasteiger partial charge in [-0.2, -0.15) is 0 Å². The Morgan fingerprint density at radius 2 is 1.86 bits per heavy atom. The first-order valence-electron chi connectivity index (χ1n) is 9.07. The summed E-state index contributed by atoms with van der Waals surface area (Å²) in [7, 11) is 0. The van der Waals surface area contributed by atoms with Crippen LogP contribution in [0.3, 0.4) is 0 Å². The van der Waals surface area contributed by atoms with Gasteiger partial charge in [0.15, 0.2) is 16.6 Å². The highest BCUT2D eigenvalue weighted by Crippen LogP contribution is 2.29. The Morgan fingerprint density at radius 1 is 1.07 bits per heavy atom. The molecule has 9 heteroatoms. The number of carbonyl (C=O) groups excluding carboxylic acids is 2. The zero-order valence-electron chi connectivity index (χ0n) is 16.1. The molecule has 0 spiro atoms. The van der Waals surface area contributed by atoms with Crippen LogP contribution in [0.2, 0.25) is 0 Å². The molecule has 152 valence electrons. The molecule has 0 unspecified atom stereocenters. The van der Waals surface area contributed by atoms with E-state index >= 15 is 0 Å². The van der Waals surface area contributed by atoms with Gasteiger partial charge < -0.3 is 20.1 Å². The summed E-state index contributed by atoms with van der Waals surface area (Å²) in [5.74, 6) is 0.355. The number of nitrogens with zero attached hydrogens (tertiary/aromatic N) is 1. The Bertz CT molecular complexity index is 970. The molecule has 0 saturated heterocycles. The van der Waals surface area contributed by atoms with E-state index in [-0.39, 0.29) is 18.4 Å². The van der Waals surface area contributed by atoms with Gasteiger partial charge >= 0.3 is 0 Å². The molecular weight excluding hydrogens is 410 g/mol. The van der Waals surface area contributed by atoms with Crippen molar-refractivity contribution < 1.29 is 19.1 Å². The highest BCUT2D eigenvalue weighted by molar-refractivity contribution is 7.16. The Morgan fingerprint density at radius 3 is 2.59 bits per heavy atom. The second-order valence-electron chi connectivity index (χ2n) is 5.77. The van der Waals surface area contributed by atoms with Crippen molar-refractivity contribution in [1.29, 1.82) is 0 Å². The molecule has 0 atom stereocenters. The van der Waals surface area contributed by atoms with E-state index in [9.17, 15) is 9.59 Å². The Labute approximate surface area is 176 Å². The molecule has 0 aliphatic carbocycles. The number of nitrogens with one attached hydrogen (secondary N) is 2. The molecule has 1 aromatic carbocycles. The smallest absolute Gasteiger partial charge is 0.251 e. The maximum atomic E-state index is 12.4. The number of benzene rings is 1. The molecule has 3 aromatic rings. The Hall–Kier alpha value is -2.91. The van der Waals surface area contributed by atoms with Gasteiger partial charge in [-0.05, 0) is 43.5 Å². The first kappa shape index (κ1) is 20.8. The lowest BCUT2D eigenvalue weighted by Crippen LogP contribution is -2.32. The van der Waals surface area contributed by atoms with Crippen LogP contribution in [0, 0.1) is 0 Å². The molecular formula is C20H21N3O4S2. The van der Waals surface area contributed by atoms with Crippen molar-refractivity contribution in [2.24, 2.45) is 0 Å². The van der Waals surface area contributed by atoms with Gasteiger partial charge in [0.1, 0.15) is 0 Å². The number of thiophene rings is 1. The number of thiazole rings is 1. The Kier molecular flexibility index (Phi) is 7.20. The van der Waals surface area contributed by atoms with E-state index < -0.39 is 0 Å². The maximum Gasteiger partial charge on any atom is 0.251 e. The summed E-state index contributed by atoms with van der Waals surface area (Å²) in [4.78, 5) is 30.0. The lowest BCUT2D eigenvalue weighted by molar-refractivity contribution is -0.115. The predicted molar refractivity (Wildman–Crippen MR) is 115 cm³/mol. The van der Waals surface area contributed by atoms with Gasteiger partial charge in [-0.1, -0.05) is 6.07 Å². The molecule has 0 fully saturated rings. The van der Waals surface area contributed by atoms with Gasteiger partial charge in [0, 0.05) is 10.9 Å². The number of carbonyl (C=O) groups is 2. The minimum atomic E-state index is -0.373. The summed E-state index contributed by atoms with van der Waals surface area (Å²) in [6, 6.07) is 8.85. The lowest BCUT2D eigenvalue weighted by atomic mass is 10.2. The van der Waals surface area contributed by atoms with E-state index in [0.717, 1.165) is 10.6 Å². The molecule has 3 rings (SSSR count). The zero-order valence-corrected chi connectivity index (χ0v) is 17.7. The second-order valence-corrected chi connectivity index (χ2v) is 7.58. The van der Waals surface area contributed by atoms with Gasteiger partial charge in [0.2, 0.25) is 5.91 Å². The van der Waals surface area contributed by atoms with E-state index in [0.29, 0.717) is 35.4 Å². The highest BCUT2D eigenvalue weighted by atomic mass is 32.1. The Balaban J connectivity index is 1.56. The third-order valence-electron chi connectivity index (χ3n) is 3.74. The summed E-state index contributed by atoms with van der Waals surface area (Å²) in [6.45, 7) is 4.52. The van der Waals surface area contributed by atoms with Crippen LogP contribution in [0.1, 0.15) is 24.2 Å². The maximum absolute atomic E-state index is 12.4. The average Bonchev–Trinajstić information content (AvgIpc) is 3.39. The fraction of sp³-hybridized carbons (Fsp3) is 0.250. The summed E-state index contributed by atoms with van der Waals surface area (Å²) >= 11 is 2.92. The van der Waals surface area contributed by atoms with Crippen LogP contribution in [-0.4, -0.2) is 36.6 Å². The number of hydrogen-bond donors (Lipinski definition) is 2. The van der Waals surface area contributed by atoms with Crippen LogP contribution >= 0.6 is 22.7 Å². The number of ether oxygens (including phenoxy) is 2. The van der Waals surface area contributed by atoms with Crippen molar-refractivity contribution in [2.75, 3.05) is 25.1 Å². The molecule has 2 aromatic heterocycles. The molecule has 0 radical (unpaired) electrons. The van der Waals surface area contributed by atoms with E-state index in [1.54, 1.807) is 29.5 Å². The first-order chi connectivity index (χ1) is 14.1. The van der Waals surface area contributed by atoms with E-state index in [2.05, 4.69) is 15.6 Å². The van der Waals surface area contributed by atoms with Crippen LogP contribution in [-0.2, 0) is 4.79 Å². The van der Waals surface area contributed by atoms with Crippen molar-refractivity contribution in [2.45, 2.75) is 13.8 Å². The number of aromatic nitrogens is 1. The fourth-order valence-corrected chi connectivity index (χ4v) is 3.97. The topological polar surface area (TPSA) is 89.5 Å². The van der Waals surface area contributed by atoms with Crippen LogP contribution < -0.4 is 20.1 Å². The molecule has 0 aliphatic rings. The summed E-state index contributed by atoms with van der Waals surface area (Å²) < 4.78 is 11.0. The first-order valence-corrected chi connectivity index (χ1v) is 10.8. The van der Waals surface area contributed by atoms with Crippen LogP contribution in [0.4, 0.5) is 5.13 Å². The number of amides is 2. The second kappa shape index (κ2) is 10.0. The summed E-state index contributed by atoms with van der Waals surface area (Å²) in [5.41, 5.74) is 1.21. The zero-order chi connectivity index (χ0) is 20.6. The average molecular weight is 432 g/mol. The number of rotatable bonds is 9. The fourth-order valence-electron chi connectivity index (χ4n) is 2.49. The van der Waals surface area contributed by atoms with E-state index in [1.807, 2.05) is 36.7 Å². The van der Waals surface area contributed by atoms with Crippen molar-refractivity contribution in [3.63, 3.8) is 0 Å². The van der Waals surface area contributed by atoms with E-state index in [1.165, 1.54) is 11.3 Å². The SMILES string of the molecule is CCOc1ccc(C(=O)NCC(=O)Nc2nc(-c3cccs3)cs2)cc1OCC. The highest BCUT2D eigenvalue weighted by Gasteiger charge is 2.14. The van der Waals surface area contributed by atoms with Crippen molar-refractivity contribution >= 4 is 39.6 Å². The predicted octanol–water partition coefficient (Wildman–Crippen LogP) is 4.04. The molecule has 29 heavy (non-hydrogen) atoms. The van der Waals surface area contributed by atoms with Crippen LogP contribution in [0.5, 0.6) is 11.5 Å². The monoisotopic (exact) mass is 431 g/mol. The number of hydrogen-bond acceptors (Lipinski definition) is 7. The van der Waals surface area contributed by atoms with Crippen molar-refractivity contribution in [3.8, 4) is 22.1 Å². The van der Waals surface area contributed by atoms with E-state index in [4.69, 9.17) is 9.47 Å². The van der Waals surface area contributed by atoms with Gasteiger partial charge in [-0.15, -0.1) is 22.7 Å². The van der Waals surface area contributed by atoms with Crippen molar-refractivity contribution in [3.05, 3.63) is 46.7 Å². The van der Waals surface area contributed by atoms with Crippen LogP contribution in [0.15, 0.2) is 41.1 Å². The van der Waals surface area contributed by atoms with Gasteiger partial charge in [-0.25, -0.2) is 4.98 Å². The van der Waals surface area contributed by atoms with Gasteiger partial charge in [-0.3, -0.25) is 9.59 Å². The quantitative estimate of drug-likeness (QED) is 0.534. The van der Waals surface area contributed by atoms with Gasteiger partial charge in [0.05, 0.1) is 30.3 Å². The van der Waals surface area contributed by atoms with Crippen molar-refractivity contribution in [1.82, 2.24) is 10.3 Å². The molecule has 0 saturated carbocycles. The minimum Gasteiger partial charge on any atom is -0.490 e. The third kappa shape index (κ3) is 5.55. The number of anilines is 1.